The number of rotatable bonds is 8. The third kappa shape index (κ3) is 8.77. The zero-order valence-electron chi connectivity index (χ0n) is 14.9. The molecule has 3 N–H and O–H groups in total. The number of hydrogen-bond donors (Lipinski definition) is 2. The van der Waals surface area contributed by atoms with E-state index in [0.717, 1.165) is 30.9 Å². The molecule has 0 atom stereocenters. The Morgan fingerprint density at radius 2 is 1.80 bits per heavy atom. The topological polar surface area (TPSA) is 59.6 Å². The van der Waals surface area contributed by atoms with E-state index >= 15 is 0 Å². The van der Waals surface area contributed by atoms with Gasteiger partial charge in [-0.25, -0.2) is 4.99 Å². The second-order valence-electron chi connectivity index (χ2n) is 6.22. The Kier molecular flexibility index (Phi) is 9.99. The van der Waals surface area contributed by atoms with Crippen molar-refractivity contribution in [2.75, 3.05) is 13.2 Å². The molecule has 5 heteroatoms. The number of nitrogens with two attached hydrogens (primary N) is 1. The van der Waals surface area contributed by atoms with E-state index in [1.807, 2.05) is 42.5 Å². The monoisotopic (exact) mass is 453 g/mol. The maximum absolute atomic E-state index is 5.93. The van der Waals surface area contributed by atoms with Gasteiger partial charge in [-0.05, 0) is 35.6 Å². The van der Waals surface area contributed by atoms with E-state index in [4.69, 9.17) is 10.5 Å². The molecule has 0 amide bonds. The van der Waals surface area contributed by atoms with Gasteiger partial charge in [-0.1, -0.05) is 56.3 Å². The van der Waals surface area contributed by atoms with Crippen molar-refractivity contribution in [3.05, 3.63) is 65.7 Å². The van der Waals surface area contributed by atoms with Gasteiger partial charge in [-0.2, -0.15) is 0 Å². The van der Waals surface area contributed by atoms with E-state index in [0.29, 0.717) is 18.4 Å². The molecule has 0 bridgehead atoms. The van der Waals surface area contributed by atoms with Crippen LogP contribution >= 0.6 is 24.0 Å². The van der Waals surface area contributed by atoms with Gasteiger partial charge in [0, 0.05) is 6.54 Å². The van der Waals surface area contributed by atoms with Crippen LogP contribution in [0.1, 0.15) is 25.0 Å². The third-order valence-electron chi connectivity index (χ3n) is 3.48. The highest BCUT2D eigenvalue weighted by Crippen LogP contribution is 2.15. The lowest BCUT2D eigenvalue weighted by Crippen LogP contribution is -2.33. The highest BCUT2D eigenvalue weighted by atomic mass is 127. The molecule has 0 spiro atoms. The van der Waals surface area contributed by atoms with Gasteiger partial charge >= 0.3 is 0 Å². The van der Waals surface area contributed by atoms with Crippen molar-refractivity contribution in [1.82, 2.24) is 5.32 Å². The maximum Gasteiger partial charge on any atom is 0.188 e. The van der Waals surface area contributed by atoms with E-state index in [9.17, 15) is 0 Å². The van der Waals surface area contributed by atoms with Crippen LogP contribution in [0.3, 0.4) is 0 Å². The summed E-state index contributed by atoms with van der Waals surface area (Å²) in [5.41, 5.74) is 8.30. The van der Waals surface area contributed by atoms with Crippen LogP contribution in [-0.4, -0.2) is 19.1 Å². The minimum Gasteiger partial charge on any atom is -0.493 e. The second-order valence-corrected chi connectivity index (χ2v) is 6.22. The number of nitrogens with one attached hydrogen (secondary N) is 1. The molecule has 4 nitrogen and oxygen atoms in total. The first-order chi connectivity index (χ1) is 11.6. The third-order valence-corrected chi connectivity index (χ3v) is 3.48. The second kappa shape index (κ2) is 11.7. The molecule has 0 saturated heterocycles. The van der Waals surface area contributed by atoms with Crippen LogP contribution in [0.2, 0.25) is 0 Å². The zero-order valence-corrected chi connectivity index (χ0v) is 17.3. The molecule has 0 fully saturated rings. The van der Waals surface area contributed by atoms with Crippen LogP contribution in [0.4, 0.5) is 0 Å². The fourth-order valence-corrected chi connectivity index (χ4v) is 2.21. The average molecular weight is 453 g/mol. The molecule has 25 heavy (non-hydrogen) atoms. The zero-order chi connectivity index (χ0) is 17.2. The van der Waals surface area contributed by atoms with Crippen molar-refractivity contribution in [3.8, 4) is 5.75 Å². The Bertz CT molecular complexity index is 644. The molecule has 0 radical (unpaired) electrons. The quantitative estimate of drug-likeness (QED) is 0.361. The molecule has 0 saturated carbocycles. The molecular weight excluding hydrogens is 425 g/mol. The number of guanidine groups is 1. The predicted octanol–water partition coefficient (Wildman–Crippen LogP) is 3.99. The van der Waals surface area contributed by atoms with Crippen LogP contribution < -0.4 is 15.8 Å². The van der Waals surface area contributed by atoms with Gasteiger partial charge in [0.25, 0.3) is 0 Å². The van der Waals surface area contributed by atoms with Crippen molar-refractivity contribution in [2.24, 2.45) is 16.6 Å². The predicted molar refractivity (Wildman–Crippen MR) is 116 cm³/mol. The van der Waals surface area contributed by atoms with Crippen molar-refractivity contribution in [1.29, 1.82) is 0 Å². The van der Waals surface area contributed by atoms with Gasteiger partial charge in [0.15, 0.2) is 5.96 Å². The lowest BCUT2D eigenvalue weighted by atomic mass is 10.1. The van der Waals surface area contributed by atoms with E-state index in [1.165, 1.54) is 5.56 Å². The minimum absolute atomic E-state index is 0. The molecule has 2 aromatic rings. The van der Waals surface area contributed by atoms with Crippen LogP contribution in [0.15, 0.2) is 59.6 Å². The highest BCUT2D eigenvalue weighted by Gasteiger charge is 2.00. The number of nitrogens with zero attached hydrogens (tertiary/aromatic N) is 1. The first kappa shape index (κ1) is 21.3. The lowest BCUT2D eigenvalue weighted by Gasteiger charge is -2.09. The highest BCUT2D eigenvalue weighted by molar-refractivity contribution is 14.0. The smallest absolute Gasteiger partial charge is 0.188 e. The van der Waals surface area contributed by atoms with Gasteiger partial charge in [0.2, 0.25) is 0 Å². The number of benzene rings is 2. The fraction of sp³-hybridized carbons (Fsp3) is 0.350. The largest absolute Gasteiger partial charge is 0.493 e. The first-order valence-corrected chi connectivity index (χ1v) is 8.43. The number of ether oxygens (including phenoxy) is 1. The van der Waals surface area contributed by atoms with Gasteiger partial charge < -0.3 is 15.8 Å². The fourth-order valence-electron chi connectivity index (χ4n) is 2.21. The van der Waals surface area contributed by atoms with Crippen LogP contribution in [0.25, 0.3) is 0 Å². The van der Waals surface area contributed by atoms with Crippen molar-refractivity contribution in [2.45, 2.75) is 26.8 Å². The van der Waals surface area contributed by atoms with Crippen LogP contribution in [0.5, 0.6) is 5.75 Å². The Morgan fingerprint density at radius 1 is 1.08 bits per heavy atom. The lowest BCUT2D eigenvalue weighted by molar-refractivity contribution is 0.271. The molecule has 0 aliphatic heterocycles. The molecule has 0 aliphatic carbocycles. The molecule has 2 rings (SSSR count). The van der Waals surface area contributed by atoms with Crippen LogP contribution in [-0.2, 0) is 13.0 Å². The summed E-state index contributed by atoms with van der Waals surface area (Å²) < 4.78 is 5.73. The van der Waals surface area contributed by atoms with E-state index in [2.05, 4.69) is 36.3 Å². The molecule has 0 unspecified atom stereocenters. The summed E-state index contributed by atoms with van der Waals surface area (Å²) in [6.07, 6.45) is 0.926. The van der Waals surface area contributed by atoms with Crippen LogP contribution in [0, 0.1) is 5.92 Å². The summed E-state index contributed by atoms with van der Waals surface area (Å²) in [5, 5.41) is 3.15. The SMILES string of the molecule is CC(C)COc1cccc(CN=C(N)NCCc2ccccc2)c1.I. The summed E-state index contributed by atoms with van der Waals surface area (Å²) in [6.45, 7) is 6.31. The standard InChI is InChI=1S/C20H27N3O.HI/c1-16(2)15-24-19-10-6-9-18(13-19)14-23-20(21)22-12-11-17-7-4-3-5-8-17;/h3-10,13,16H,11-12,14-15H2,1-2H3,(H3,21,22,23);1H. The van der Waals surface area contributed by atoms with Crippen molar-refractivity contribution >= 4 is 29.9 Å². The molecule has 0 heterocycles. The average Bonchev–Trinajstić information content (AvgIpc) is 2.59. The number of aliphatic imine (C=N–C) groups is 1. The summed E-state index contributed by atoms with van der Waals surface area (Å²) in [6, 6.07) is 18.3. The van der Waals surface area contributed by atoms with Gasteiger partial charge in [0.1, 0.15) is 5.75 Å². The number of halogens is 1. The van der Waals surface area contributed by atoms with E-state index in [1.54, 1.807) is 0 Å². The van der Waals surface area contributed by atoms with E-state index in [-0.39, 0.29) is 24.0 Å². The molecule has 0 aromatic heterocycles. The maximum atomic E-state index is 5.93. The van der Waals surface area contributed by atoms with Crippen molar-refractivity contribution < 1.29 is 4.74 Å². The Hall–Kier alpha value is -1.76. The van der Waals surface area contributed by atoms with Gasteiger partial charge in [0.05, 0.1) is 13.2 Å². The summed E-state index contributed by atoms with van der Waals surface area (Å²) >= 11 is 0. The Balaban J connectivity index is 0.00000312. The van der Waals surface area contributed by atoms with E-state index < -0.39 is 0 Å². The minimum atomic E-state index is 0. The molecule has 136 valence electrons. The summed E-state index contributed by atoms with van der Waals surface area (Å²) in [7, 11) is 0. The molecule has 0 aliphatic rings. The Morgan fingerprint density at radius 3 is 2.52 bits per heavy atom. The Labute approximate surface area is 167 Å². The normalized spacial score (nSPS) is 11.1. The van der Waals surface area contributed by atoms with Crippen molar-refractivity contribution in [3.63, 3.8) is 0 Å². The van der Waals surface area contributed by atoms with Gasteiger partial charge in [-0.15, -0.1) is 24.0 Å². The summed E-state index contributed by atoms with van der Waals surface area (Å²) in [5.74, 6) is 1.86. The molecular formula is C20H28IN3O. The number of hydrogen-bond acceptors (Lipinski definition) is 2. The van der Waals surface area contributed by atoms with Gasteiger partial charge in [-0.3, -0.25) is 0 Å². The summed E-state index contributed by atoms with van der Waals surface area (Å²) in [4.78, 5) is 4.39. The first-order valence-electron chi connectivity index (χ1n) is 8.43. The molecule has 2 aromatic carbocycles.